The van der Waals surface area contributed by atoms with Crippen molar-refractivity contribution >= 4 is 21.8 Å². The monoisotopic (exact) mass is 297 g/mol. The molecule has 0 atom stereocenters. The lowest BCUT2D eigenvalue weighted by atomic mass is 10.1. The summed E-state index contributed by atoms with van der Waals surface area (Å²) in [5.74, 6) is -0.528. The molecule has 90 valence electrons. The first-order chi connectivity index (χ1) is 8.09. The fraction of sp³-hybridized carbons (Fsp3) is 0.308. The molecule has 1 amide bonds. The highest BCUT2D eigenvalue weighted by Gasteiger charge is 2.20. The molecule has 0 saturated heterocycles. The van der Waals surface area contributed by atoms with Crippen LogP contribution in [-0.2, 0) is 0 Å². The lowest BCUT2D eigenvalue weighted by Gasteiger charge is -2.25. The number of benzene rings is 1. The quantitative estimate of drug-likeness (QED) is 0.728. The molecule has 1 aromatic carbocycles. The van der Waals surface area contributed by atoms with Crippen LogP contribution in [0.15, 0.2) is 34.3 Å². The average molecular weight is 298 g/mol. The largest absolute Gasteiger partial charge is 0.335 e. The summed E-state index contributed by atoms with van der Waals surface area (Å²) in [7, 11) is 0. The van der Waals surface area contributed by atoms with E-state index in [4.69, 9.17) is 0 Å². The van der Waals surface area contributed by atoms with Crippen LogP contribution in [0, 0.1) is 5.82 Å². The van der Waals surface area contributed by atoms with Crippen molar-refractivity contribution < 1.29 is 9.18 Å². The molecule has 0 N–H and O–H groups in total. The lowest BCUT2D eigenvalue weighted by Crippen LogP contribution is -2.34. The molecule has 2 nitrogen and oxygen atoms in total. The van der Waals surface area contributed by atoms with Gasteiger partial charge in [0.15, 0.2) is 0 Å². The van der Waals surface area contributed by atoms with Crippen LogP contribution in [0.25, 0.3) is 0 Å². The molecule has 0 unspecified atom stereocenters. The second-order valence-electron chi connectivity index (χ2n) is 4.15. The van der Waals surface area contributed by atoms with Crippen molar-refractivity contribution in [1.29, 1.82) is 0 Å². The molecule has 0 fully saturated rings. The molecule has 0 aromatic heterocycles. The molecule has 0 spiro atoms. The van der Waals surface area contributed by atoms with Crippen molar-refractivity contribution in [2.75, 3.05) is 13.1 Å². The van der Waals surface area contributed by atoms with Gasteiger partial charge in [-0.1, -0.05) is 17.7 Å². The number of carbonyl (C=O) groups is 1. The Morgan fingerprint density at radius 1 is 1.47 bits per heavy atom. The van der Waals surface area contributed by atoms with Crippen LogP contribution in [0.4, 0.5) is 4.39 Å². The van der Waals surface area contributed by atoms with Crippen LogP contribution >= 0.6 is 15.9 Å². The second-order valence-corrected chi connectivity index (χ2v) is 4.95. The summed E-state index contributed by atoms with van der Waals surface area (Å²) in [5.41, 5.74) is 1.69. The van der Waals surface area contributed by atoms with Crippen LogP contribution in [0.2, 0.25) is 0 Å². The third-order valence-electron chi connectivity index (χ3n) is 2.91. The van der Waals surface area contributed by atoms with E-state index >= 15 is 0 Å². The summed E-state index contributed by atoms with van der Waals surface area (Å²) in [5, 5.41) is 0. The number of amides is 1. The summed E-state index contributed by atoms with van der Waals surface area (Å²) in [6.07, 6.45) is 2.92. The number of nitrogens with zero attached hydrogens (tertiary/aromatic N) is 1. The van der Waals surface area contributed by atoms with Gasteiger partial charge in [0, 0.05) is 13.1 Å². The Morgan fingerprint density at radius 3 is 2.88 bits per heavy atom. The normalized spacial score (nSPS) is 15.7. The molecule has 4 heteroatoms. The molecule has 1 aromatic rings. The van der Waals surface area contributed by atoms with Crippen LogP contribution in [0.1, 0.15) is 23.7 Å². The van der Waals surface area contributed by atoms with Crippen LogP contribution in [0.5, 0.6) is 0 Å². The number of rotatable bonds is 1. The number of halogens is 2. The molecule has 2 rings (SSSR count). The third kappa shape index (κ3) is 2.57. The Bertz CT molecular complexity index is 484. The standard InChI is InChI=1S/C13H13BrFNO/c1-9-5-7-16(8-6-9)13(17)10-3-2-4-11(15)12(10)14/h2-5H,6-8H2,1H3. The van der Waals surface area contributed by atoms with E-state index in [0.29, 0.717) is 18.7 Å². The summed E-state index contributed by atoms with van der Waals surface area (Å²) in [6.45, 7) is 3.36. The molecule has 0 radical (unpaired) electrons. The van der Waals surface area contributed by atoms with Crippen molar-refractivity contribution in [3.63, 3.8) is 0 Å². The van der Waals surface area contributed by atoms with Crippen LogP contribution in [0.3, 0.4) is 0 Å². The molecule has 1 aliphatic rings. The summed E-state index contributed by atoms with van der Waals surface area (Å²) < 4.78 is 13.6. The van der Waals surface area contributed by atoms with Gasteiger partial charge in [0.2, 0.25) is 0 Å². The van der Waals surface area contributed by atoms with E-state index in [-0.39, 0.29) is 10.4 Å². The smallest absolute Gasteiger partial charge is 0.255 e. The zero-order valence-electron chi connectivity index (χ0n) is 9.54. The van der Waals surface area contributed by atoms with Gasteiger partial charge in [0.05, 0.1) is 10.0 Å². The highest BCUT2D eigenvalue weighted by molar-refractivity contribution is 9.10. The van der Waals surface area contributed by atoms with E-state index in [9.17, 15) is 9.18 Å². The zero-order chi connectivity index (χ0) is 12.4. The fourth-order valence-electron chi connectivity index (χ4n) is 1.79. The Balaban J connectivity index is 2.23. The van der Waals surface area contributed by atoms with Crippen molar-refractivity contribution in [1.82, 2.24) is 4.90 Å². The van der Waals surface area contributed by atoms with Gasteiger partial charge in [0.1, 0.15) is 5.82 Å². The van der Waals surface area contributed by atoms with Crippen molar-refractivity contribution in [3.05, 3.63) is 45.7 Å². The van der Waals surface area contributed by atoms with Crippen molar-refractivity contribution in [3.8, 4) is 0 Å². The van der Waals surface area contributed by atoms with E-state index in [2.05, 4.69) is 22.9 Å². The highest BCUT2D eigenvalue weighted by atomic mass is 79.9. The summed E-state index contributed by atoms with van der Waals surface area (Å²) in [4.78, 5) is 13.9. The first-order valence-corrected chi connectivity index (χ1v) is 6.28. The van der Waals surface area contributed by atoms with E-state index < -0.39 is 5.82 Å². The maximum absolute atomic E-state index is 13.3. The number of carbonyl (C=O) groups excluding carboxylic acids is 1. The predicted octanol–water partition coefficient (Wildman–Crippen LogP) is 3.38. The topological polar surface area (TPSA) is 20.3 Å². The maximum Gasteiger partial charge on any atom is 0.255 e. The van der Waals surface area contributed by atoms with Gasteiger partial charge in [-0.15, -0.1) is 0 Å². The zero-order valence-corrected chi connectivity index (χ0v) is 11.1. The third-order valence-corrected chi connectivity index (χ3v) is 3.71. The summed E-state index contributed by atoms with van der Waals surface area (Å²) >= 11 is 3.12. The van der Waals surface area contributed by atoms with Crippen LogP contribution < -0.4 is 0 Å². The second kappa shape index (κ2) is 5.00. The minimum absolute atomic E-state index is 0.125. The number of hydrogen-bond acceptors (Lipinski definition) is 1. The minimum atomic E-state index is -0.403. The first-order valence-electron chi connectivity index (χ1n) is 5.48. The molecule has 1 heterocycles. The molecular formula is C13H13BrFNO. The van der Waals surface area contributed by atoms with Gasteiger partial charge in [0.25, 0.3) is 5.91 Å². The number of hydrogen-bond donors (Lipinski definition) is 0. The molecule has 0 bridgehead atoms. The first kappa shape index (κ1) is 12.3. The highest BCUT2D eigenvalue weighted by Crippen LogP contribution is 2.23. The van der Waals surface area contributed by atoms with Crippen molar-refractivity contribution in [2.45, 2.75) is 13.3 Å². The van der Waals surface area contributed by atoms with Crippen molar-refractivity contribution in [2.24, 2.45) is 0 Å². The van der Waals surface area contributed by atoms with E-state index in [1.165, 1.54) is 11.6 Å². The molecule has 0 saturated carbocycles. The van der Waals surface area contributed by atoms with Gasteiger partial charge in [-0.05, 0) is 41.4 Å². The lowest BCUT2D eigenvalue weighted by molar-refractivity contribution is 0.0767. The fourth-order valence-corrected chi connectivity index (χ4v) is 2.23. The Morgan fingerprint density at radius 2 is 2.24 bits per heavy atom. The Kier molecular flexibility index (Phi) is 3.62. The Labute approximate surface area is 108 Å². The molecule has 0 aliphatic carbocycles. The summed E-state index contributed by atoms with van der Waals surface area (Å²) in [6, 6.07) is 4.53. The molecule has 17 heavy (non-hydrogen) atoms. The van der Waals surface area contributed by atoms with Gasteiger partial charge in [-0.3, -0.25) is 4.79 Å². The minimum Gasteiger partial charge on any atom is -0.335 e. The SMILES string of the molecule is CC1=CCN(C(=O)c2cccc(F)c2Br)CC1. The predicted molar refractivity (Wildman–Crippen MR) is 68.4 cm³/mol. The Hall–Kier alpha value is -1.16. The van der Waals surface area contributed by atoms with E-state index in [1.54, 1.807) is 17.0 Å². The van der Waals surface area contributed by atoms with E-state index in [1.807, 2.05) is 6.08 Å². The van der Waals surface area contributed by atoms with Gasteiger partial charge >= 0.3 is 0 Å². The van der Waals surface area contributed by atoms with Crippen LogP contribution in [-0.4, -0.2) is 23.9 Å². The maximum atomic E-state index is 13.3. The molecular weight excluding hydrogens is 285 g/mol. The van der Waals surface area contributed by atoms with Gasteiger partial charge in [-0.2, -0.15) is 0 Å². The van der Waals surface area contributed by atoms with Gasteiger partial charge in [-0.25, -0.2) is 4.39 Å². The molecule has 1 aliphatic heterocycles. The average Bonchev–Trinajstić information content (AvgIpc) is 2.33. The van der Waals surface area contributed by atoms with Gasteiger partial charge < -0.3 is 4.90 Å². The van der Waals surface area contributed by atoms with E-state index in [0.717, 1.165) is 6.42 Å².